The average molecular weight is 337 g/mol. The summed E-state index contributed by atoms with van der Waals surface area (Å²) in [4.78, 5) is 16.3. The van der Waals surface area contributed by atoms with E-state index in [2.05, 4.69) is 15.4 Å². The molecular weight excluding hydrogens is 314 g/mol. The molecule has 0 saturated carbocycles. The van der Waals surface area contributed by atoms with Crippen molar-refractivity contribution in [2.75, 3.05) is 6.54 Å². The normalized spacial score (nSPS) is 12.1. The molecule has 3 rings (SSSR count). The molecule has 2 aromatic heterocycles. The molecule has 25 heavy (non-hydrogen) atoms. The molecule has 1 amide bonds. The van der Waals surface area contributed by atoms with E-state index in [4.69, 9.17) is 0 Å². The minimum Gasteiger partial charge on any atom is -0.356 e. The zero-order valence-corrected chi connectivity index (χ0v) is 14.6. The van der Waals surface area contributed by atoms with Gasteiger partial charge in [-0.15, -0.1) is 0 Å². The van der Waals surface area contributed by atoms with E-state index in [9.17, 15) is 4.79 Å². The molecule has 0 aliphatic heterocycles. The van der Waals surface area contributed by atoms with Crippen molar-refractivity contribution in [3.05, 3.63) is 66.5 Å². The van der Waals surface area contributed by atoms with Crippen LogP contribution in [-0.4, -0.2) is 31.8 Å². The number of imidazole rings is 1. The Bertz CT molecular complexity index is 821. The fourth-order valence-electron chi connectivity index (χ4n) is 2.85. The number of rotatable bonds is 7. The first kappa shape index (κ1) is 17.0. The first-order valence-electron chi connectivity index (χ1n) is 8.48. The standard InChI is InChI=1S/C19H23N5O/c1-15(23-11-10-20-16(23)2)12-19(25)21-9-8-17-13-22-24(14-17)18-6-4-3-5-7-18/h3-7,10-11,13-15H,8-9,12H2,1-2H3,(H,21,25)/t15-/m0/s1. The molecule has 6 nitrogen and oxygen atoms in total. The summed E-state index contributed by atoms with van der Waals surface area (Å²) in [5.41, 5.74) is 2.13. The summed E-state index contributed by atoms with van der Waals surface area (Å²) < 4.78 is 3.87. The van der Waals surface area contributed by atoms with Crippen LogP contribution >= 0.6 is 0 Å². The summed E-state index contributed by atoms with van der Waals surface area (Å²) in [6.07, 6.45) is 8.71. The zero-order valence-electron chi connectivity index (χ0n) is 14.6. The molecule has 0 fully saturated rings. The lowest BCUT2D eigenvalue weighted by Gasteiger charge is -2.14. The molecule has 0 spiro atoms. The fraction of sp³-hybridized carbons (Fsp3) is 0.316. The van der Waals surface area contributed by atoms with Crippen LogP contribution in [0.25, 0.3) is 5.69 Å². The van der Waals surface area contributed by atoms with Gasteiger partial charge in [0.1, 0.15) is 5.82 Å². The van der Waals surface area contributed by atoms with Crippen LogP contribution in [0.15, 0.2) is 55.1 Å². The van der Waals surface area contributed by atoms with E-state index in [-0.39, 0.29) is 11.9 Å². The van der Waals surface area contributed by atoms with Crippen LogP contribution in [0.1, 0.15) is 30.8 Å². The lowest BCUT2D eigenvalue weighted by atomic mass is 10.2. The highest BCUT2D eigenvalue weighted by molar-refractivity contribution is 5.76. The van der Waals surface area contributed by atoms with Crippen LogP contribution in [0.5, 0.6) is 0 Å². The van der Waals surface area contributed by atoms with Gasteiger partial charge in [-0.3, -0.25) is 4.79 Å². The second kappa shape index (κ2) is 7.79. The summed E-state index contributed by atoms with van der Waals surface area (Å²) in [6.45, 7) is 4.58. The SMILES string of the molecule is Cc1nccn1[C@@H](C)CC(=O)NCCc1cnn(-c2ccccc2)c1. The number of amides is 1. The highest BCUT2D eigenvalue weighted by Gasteiger charge is 2.12. The Balaban J connectivity index is 1.46. The van der Waals surface area contributed by atoms with E-state index in [0.29, 0.717) is 13.0 Å². The Morgan fingerprint density at radius 3 is 2.80 bits per heavy atom. The van der Waals surface area contributed by atoms with E-state index in [1.807, 2.05) is 72.0 Å². The Morgan fingerprint density at radius 2 is 2.08 bits per heavy atom. The van der Waals surface area contributed by atoms with E-state index < -0.39 is 0 Å². The Hall–Kier alpha value is -2.89. The Kier molecular flexibility index (Phi) is 5.28. The fourth-order valence-corrected chi connectivity index (χ4v) is 2.85. The molecule has 1 atom stereocenters. The van der Waals surface area contributed by atoms with Crippen LogP contribution in [0.4, 0.5) is 0 Å². The Morgan fingerprint density at radius 1 is 1.28 bits per heavy atom. The summed E-state index contributed by atoms with van der Waals surface area (Å²) >= 11 is 0. The van der Waals surface area contributed by atoms with Crippen LogP contribution < -0.4 is 5.32 Å². The topological polar surface area (TPSA) is 64.7 Å². The number of hydrogen-bond acceptors (Lipinski definition) is 3. The second-order valence-corrected chi connectivity index (χ2v) is 6.16. The number of hydrogen-bond donors (Lipinski definition) is 1. The zero-order chi connectivity index (χ0) is 17.6. The van der Waals surface area contributed by atoms with Crippen molar-refractivity contribution in [3.8, 4) is 5.69 Å². The highest BCUT2D eigenvalue weighted by atomic mass is 16.1. The maximum Gasteiger partial charge on any atom is 0.222 e. The van der Waals surface area contributed by atoms with E-state index >= 15 is 0 Å². The quantitative estimate of drug-likeness (QED) is 0.721. The summed E-state index contributed by atoms with van der Waals surface area (Å²) in [5.74, 6) is 0.977. The number of aryl methyl sites for hydroxylation is 1. The third-order valence-electron chi connectivity index (χ3n) is 4.21. The molecular formula is C19H23N5O. The van der Waals surface area contributed by atoms with Gasteiger partial charge < -0.3 is 9.88 Å². The van der Waals surface area contributed by atoms with Gasteiger partial charge in [0.05, 0.1) is 11.9 Å². The van der Waals surface area contributed by atoms with Crippen molar-refractivity contribution in [1.29, 1.82) is 0 Å². The predicted octanol–water partition coefficient (Wildman–Crippen LogP) is 2.69. The van der Waals surface area contributed by atoms with Crippen LogP contribution in [-0.2, 0) is 11.2 Å². The lowest BCUT2D eigenvalue weighted by molar-refractivity contribution is -0.121. The number of para-hydroxylation sites is 1. The molecule has 1 aromatic carbocycles. The van der Waals surface area contributed by atoms with Gasteiger partial charge in [0.2, 0.25) is 5.91 Å². The number of nitrogens with zero attached hydrogens (tertiary/aromatic N) is 4. The van der Waals surface area contributed by atoms with Gasteiger partial charge in [0.15, 0.2) is 0 Å². The minimum atomic E-state index is 0.0519. The van der Waals surface area contributed by atoms with Crippen LogP contribution in [0.3, 0.4) is 0 Å². The molecule has 0 unspecified atom stereocenters. The number of carbonyl (C=O) groups is 1. The lowest BCUT2D eigenvalue weighted by Crippen LogP contribution is -2.27. The monoisotopic (exact) mass is 337 g/mol. The third-order valence-corrected chi connectivity index (χ3v) is 4.21. The maximum atomic E-state index is 12.1. The summed E-state index contributed by atoms with van der Waals surface area (Å²) in [5, 5.41) is 7.35. The number of nitrogens with one attached hydrogen (secondary N) is 1. The van der Waals surface area contributed by atoms with Crippen molar-refractivity contribution in [2.24, 2.45) is 0 Å². The molecule has 6 heteroatoms. The number of carbonyl (C=O) groups excluding carboxylic acids is 1. The predicted molar refractivity (Wildman–Crippen MR) is 96.6 cm³/mol. The molecule has 3 aromatic rings. The first-order chi connectivity index (χ1) is 12.1. The minimum absolute atomic E-state index is 0.0519. The van der Waals surface area contributed by atoms with Gasteiger partial charge >= 0.3 is 0 Å². The average Bonchev–Trinajstić information content (AvgIpc) is 3.24. The van der Waals surface area contributed by atoms with Crippen LogP contribution in [0.2, 0.25) is 0 Å². The molecule has 0 saturated heterocycles. The molecule has 0 aliphatic rings. The van der Waals surface area contributed by atoms with Crippen molar-refractivity contribution >= 4 is 5.91 Å². The highest BCUT2D eigenvalue weighted by Crippen LogP contribution is 2.12. The molecule has 2 heterocycles. The van der Waals surface area contributed by atoms with Crippen molar-refractivity contribution in [2.45, 2.75) is 32.7 Å². The Labute approximate surface area is 147 Å². The molecule has 0 aliphatic carbocycles. The van der Waals surface area contributed by atoms with Crippen molar-refractivity contribution < 1.29 is 4.79 Å². The van der Waals surface area contributed by atoms with Crippen LogP contribution in [0, 0.1) is 6.92 Å². The molecule has 130 valence electrons. The summed E-state index contributed by atoms with van der Waals surface area (Å²) in [7, 11) is 0. The smallest absolute Gasteiger partial charge is 0.222 e. The van der Waals surface area contributed by atoms with Crippen molar-refractivity contribution in [1.82, 2.24) is 24.6 Å². The van der Waals surface area contributed by atoms with E-state index in [1.165, 1.54) is 0 Å². The van der Waals surface area contributed by atoms with Gasteiger partial charge in [-0.2, -0.15) is 5.10 Å². The third kappa shape index (κ3) is 4.35. The van der Waals surface area contributed by atoms with Gasteiger partial charge in [0.25, 0.3) is 0 Å². The van der Waals surface area contributed by atoms with Gasteiger partial charge in [0, 0.05) is 37.6 Å². The van der Waals surface area contributed by atoms with Gasteiger partial charge in [-0.1, -0.05) is 18.2 Å². The summed E-state index contributed by atoms with van der Waals surface area (Å²) in [6, 6.07) is 10.1. The second-order valence-electron chi connectivity index (χ2n) is 6.16. The largest absolute Gasteiger partial charge is 0.356 e. The maximum absolute atomic E-state index is 12.1. The molecule has 1 N–H and O–H groups in total. The molecule has 0 radical (unpaired) electrons. The van der Waals surface area contributed by atoms with Gasteiger partial charge in [-0.05, 0) is 38.0 Å². The number of benzene rings is 1. The first-order valence-corrected chi connectivity index (χ1v) is 8.48. The van der Waals surface area contributed by atoms with Crippen molar-refractivity contribution in [3.63, 3.8) is 0 Å². The van der Waals surface area contributed by atoms with Gasteiger partial charge in [-0.25, -0.2) is 9.67 Å². The van der Waals surface area contributed by atoms with E-state index in [1.54, 1.807) is 6.20 Å². The molecule has 0 bridgehead atoms. The number of aromatic nitrogens is 4. The van der Waals surface area contributed by atoms with E-state index in [0.717, 1.165) is 23.5 Å².